The number of nitrogens with one attached hydrogen (secondary N) is 1. The van der Waals surface area contributed by atoms with Gasteiger partial charge in [0.2, 0.25) is 5.69 Å². The number of esters is 1. The Morgan fingerprint density at radius 1 is 1.15 bits per heavy atom. The highest BCUT2D eigenvalue weighted by atomic mass is 35.5. The SMILES string of the molecule is CCOC(=O)c1ccc2n(-c3ccc(F)cc3)c([S-])c(C(=O)Nc3ccc(OC)c(Cl)c3)[n+]2c1. The number of anilines is 1. The van der Waals surface area contributed by atoms with Crippen molar-refractivity contribution in [3.8, 4) is 11.4 Å². The van der Waals surface area contributed by atoms with Crippen LogP contribution in [0.1, 0.15) is 27.8 Å². The smallest absolute Gasteiger partial charge is 0.341 e. The molecule has 0 aliphatic rings. The minimum atomic E-state index is -0.536. The molecule has 2 aromatic heterocycles. The third-order valence-electron chi connectivity index (χ3n) is 5.02. The Balaban J connectivity index is 1.86. The van der Waals surface area contributed by atoms with Gasteiger partial charge in [-0.2, -0.15) is 4.40 Å². The van der Waals surface area contributed by atoms with Crippen molar-refractivity contribution in [1.29, 1.82) is 0 Å². The average molecular weight is 500 g/mol. The van der Waals surface area contributed by atoms with Crippen LogP contribution in [0.5, 0.6) is 5.75 Å². The normalized spacial score (nSPS) is 10.8. The van der Waals surface area contributed by atoms with Crippen LogP contribution in [0.25, 0.3) is 11.3 Å². The fourth-order valence-electron chi connectivity index (χ4n) is 3.48. The highest BCUT2D eigenvalue weighted by molar-refractivity contribution is 7.58. The van der Waals surface area contributed by atoms with Crippen LogP contribution in [-0.4, -0.2) is 30.2 Å². The van der Waals surface area contributed by atoms with E-state index in [9.17, 15) is 14.0 Å². The van der Waals surface area contributed by atoms with Crippen LogP contribution >= 0.6 is 11.6 Å². The standard InChI is InChI=1S/C24H19ClFN3O4S/c1-3-33-24(31)14-4-11-20-28(13-14)21(23(34)29(20)17-8-5-15(26)6-9-17)22(30)27-16-7-10-19(32-2)18(25)12-16/h4-13H,3H2,1-2H3,(H-,27,30,34). The van der Waals surface area contributed by atoms with Crippen LogP contribution in [0.4, 0.5) is 10.1 Å². The minimum Gasteiger partial charge on any atom is -0.732 e. The molecule has 1 amide bonds. The average Bonchev–Trinajstić information content (AvgIpc) is 3.11. The van der Waals surface area contributed by atoms with Crippen molar-refractivity contribution in [1.82, 2.24) is 4.57 Å². The second kappa shape index (κ2) is 9.66. The van der Waals surface area contributed by atoms with Gasteiger partial charge in [-0.1, -0.05) is 11.6 Å². The number of imidazole rings is 1. The molecule has 2 aromatic carbocycles. The van der Waals surface area contributed by atoms with Crippen LogP contribution in [0.15, 0.2) is 65.8 Å². The Morgan fingerprint density at radius 3 is 2.53 bits per heavy atom. The molecule has 7 nitrogen and oxygen atoms in total. The van der Waals surface area contributed by atoms with Crippen LogP contribution < -0.4 is 14.5 Å². The van der Waals surface area contributed by atoms with Crippen LogP contribution in [0.2, 0.25) is 5.02 Å². The molecule has 0 aliphatic carbocycles. The van der Waals surface area contributed by atoms with E-state index in [0.29, 0.717) is 27.8 Å². The Morgan fingerprint density at radius 2 is 1.88 bits per heavy atom. The number of halogens is 2. The van der Waals surface area contributed by atoms with E-state index in [-0.39, 0.29) is 22.9 Å². The van der Waals surface area contributed by atoms with Gasteiger partial charge in [0.05, 0.1) is 24.3 Å². The van der Waals surface area contributed by atoms with Gasteiger partial charge in [0.25, 0.3) is 11.6 Å². The summed E-state index contributed by atoms with van der Waals surface area (Å²) in [5.74, 6) is -1.00. The maximum atomic E-state index is 13.5. The number of pyridine rings is 1. The first kappa shape index (κ1) is 23.5. The number of aromatic nitrogens is 2. The summed E-state index contributed by atoms with van der Waals surface area (Å²) >= 11 is 11.8. The van der Waals surface area contributed by atoms with E-state index >= 15 is 0 Å². The Hall–Kier alpha value is -3.69. The summed E-state index contributed by atoms with van der Waals surface area (Å²) in [5.41, 5.74) is 1.83. The number of carbonyl (C=O) groups excluding carboxylic acids is 2. The van der Waals surface area contributed by atoms with Crippen LogP contribution in [0.3, 0.4) is 0 Å². The van der Waals surface area contributed by atoms with Crippen molar-refractivity contribution in [2.75, 3.05) is 19.0 Å². The van der Waals surface area contributed by atoms with E-state index in [2.05, 4.69) is 5.32 Å². The summed E-state index contributed by atoms with van der Waals surface area (Å²) < 4.78 is 26.9. The van der Waals surface area contributed by atoms with Gasteiger partial charge in [0.15, 0.2) is 0 Å². The number of hydrogen-bond donors (Lipinski definition) is 1. The molecule has 0 aliphatic heterocycles. The first-order valence-electron chi connectivity index (χ1n) is 10.2. The van der Waals surface area contributed by atoms with Gasteiger partial charge in [-0.15, -0.1) is 0 Å². The third-order valence-corrected chi connectivity index (χ3v) is 5.69. The molecule has 0 bridgehead atoms. The van der Waals surface area contributed by atoms with Gasteiger partial charge in [-0.25, -0.2) is 13.8 Å². The second-order valence-electron chi connectivity index (χ2n) is 7.14. The third kappa shape index (κ3) is 4.40. The van der Waals surface area contributed by atoms with E-state index in [4.69, 9.17) is 33.7 Å². The molecule has 0 saturated heterocycles. The molecule has 0 radical (unpaired) electrons. The fourth-order valence-corrected chi connectivity index (χ4v) is 4.13. The topological polar surface area (TPSA) is 73.7 Å². The molecule has 34 heavy (non-hydrogen) atoms. The largest absolute Gasteiger partial charge is 0.732 e. The lowest BCUT2D eigenvalue weighted by Crippen LogP contribution is -2.32. The molecule has 10 heteroatoms. The van der Waals surface area contributed by atoms with Crippen LogP contribution in [-0.2, 0) is 17.4 Å². The zero-order valence-corrected chi connectivity index (χ0v) is 19.7. The minimum absolute atomic E-state index is 0.104. The maximum Gasteiger partial charge on any atom is 0.341 e. The molecule has 0 saturated carbocycles. The molecular formula is C24H19ClFN3O4S. The van der Waals surface area contributed by atoms with Gasteiger partial charge < -0.3 is 27.4 Å². The first-order chi connectivity index (χ1) is 16.3. The van der Waals surface area contributed by atoms with Crippen molar-refractivity contribution in [2.24, 2.45) is 0 Å². The van der Waals surface area contributed by atoms with Gasteiger partial charge >= 0.3 is 5.97 Å². The zero-order chi connectivity index (χ0) is 24.4. The summed E-state index contributed by atoms with van der Waals surface area (Å²) in [4.78, 5) is 25.7. The summed E-state index contributed by atoms with van der Waals surface area (Å²) in [6.45, 7) is 1.91. The maximum absolute atomic E-state index is 13.5. The molecular weight excluding hydrogens is 481 g/mol. The fraction of sp³-hybridized carbons (Fsp3) is 0.125. The lowest BCUT2D eigenvalue weighted by Gasteiger charge is -2.09. The van der Waals surface area contributed by atoms with Gasteiger partial charge in [0, 0.05) is 16.8 Å². The number of fused-ring (bicyclic) bond motifs is 1. The Bertz CT molecular complexity index is 1410. The summed E-state index contributed by atoms with van der Waals surface area (Å²) in [5, 5.41) is 3.27. The van der Waals surface area contributed by atoms with Crippen molar-refractivity contribution in [3.63, 3.8) is 0 Å². The van der Waals surface area contributed by atoms with Crippen molar-refractivity contribution in [3.05, 3.63) is 82.9 Å². The molecule has 1 N–H and O–H groups in total. The van der Waals surface area contributed by atoms with Crippen molar-refractivity contribution in [2.45, 2.75) is 11.9 Å². The van der Waals surface area contributed by atoms with E-state index in [1.54, 1.807) is 54.0 Å². The highest BCUT2D eigenvalue weighted by Gasteiger charge is 2.27. The second-order valence-corrected chi connectivity index (χ2v) is 7.93. The summed E-state index contributed by atoms with van der Waals surface area (Å²) in [7, 11) is 1.49. The van der Waals surface area contributed by atoms with E-state index in [0.717, 1.165) is 0 Å². The van der Waals surface area contributed by atoms with Crippen LogP contribution in [0, 0.1) is 5.82 Å². The Labute approximate surface area is 205 Å². The highest BCUT2D eigenvalue weighted by Crippen LogP contribution is 2.28. The number of benzene rings is 2. The summed E-state index contributed by atoms with van der Waals surface area (Å²) in [6.07, 6.45) is 1.49. The first-order valence-corrected chi connectivity index (χ1v) is 11.0. The Kier molecular flexibility index (Phi) is 6.67. The zero-order valence-electron chi connectivity index (χ0n) is 18.2. The number of nitrogens with zero attached hydrogens (tertiary/aromatic N) is 2. The number of amides is 1. The molecule has 0 unspecified atom stereocenters. The quantitative estimate of drug-likeness (QED) is 0.242. The number of ether oxygens (including phenoxy) is 2. The van der Waals surface area contributed by atoms with E-state index in [1.807, 2.05) is 0 Å². The van der Waals surface area contributed by atoms with Crippen molar-refractivity contribution >= 4 is 47.4 Å². The number of hydrogen-bond acceptors (Lipinski definition) is 5. The monoisotopic (exact) mass is 499 g/mol. The van der Waals surface area contributed by atoms with Gasteiger partial charge in [-0.05, 0) is 55.5 Å². The molecule has 0 spiro atoms. The molecule has 174 valence electrons. The number of methoxy groups -OCH3 is 1. The van der Waals surface area contributed by atoms with E-state index < -0.39 is 17.7 Å². The van der Waals surface area contributed by atoms with Gasteiger partial charge in [-0.3, -0.25) is 4.79 Å². The molecule has 2 heterocycles. The number of carbonyl (C=O) groups is 2. The summed E-state index contributed by atoms with van der Waals surface area (Å²) in [6, 6.07) is 13.7. The predicted molar refractivity (Wildman–Crippen MR) is 126 cm³/mol. The van der Waals surface area contributed by atoms with Crippen molar-refractivity contribution < 1.29 is 27.9 Å². The van der Waals surface area contributed by atoms with E-state index in [1.165, 1.54) is 29.8 Å². The molecule has 0 fully saturated rings. The number of rotatable bonds is 6. The lowest BCUT2D eigenvalue weighted by atomic mass is 10.2. The molecule has 4 aromatic rings. The molecule has 0 atom stereocenters. The van der Waals surface area contributed by atoms with Gasteiger partial charge in [0.1, 0.15) is 23.5 Å². The predicted octanol–water partition coefficient (Wildman–Crippen LogP) is 4.35. The molecule has 4 rings (SSSR count). The lowest BCUT2D eigenvalue weighted by molar-refractivity contribution is -0.514.